The number of nitrogens with two attached hydrogens (primary N) is 1. The summed E-state index contributed by atoms with van der Waals surface area (Å²) in [6.07, 6.45) is 1.62. The van der Waals surface area contributed by atoms with Gasteiger partial charge in [-0.1, -0.05) is 6.07 Å². The lowest BCUT2D eigenvalue weighted by atomic mass is 10.1. The number of rotatable bonds is 5. The zero-order valence-electron chi connectivity index (χ0n) is 11.9. The van der Waals surface area contributed by atoms with E-state index < -0.39 is 11.6 Å². The molecule has 2 N–H and O–H groups in total. The third-order valence-electron chi connectivity index (χ3n) is 3.62. The van der Waals surface area contributed by atoms with E-state index in [1.807, 2.05) is 0 Å². The van der Waals surface area contributed by atoms with E-state index in [0.29, 0.717) is 26.2 Å². The molecule has 6 heteroatoms. The highest BCUT2D eigenvalue weighted by molar-refractivity contribution is 5.78. The van der Waals surface area contributed by atoms with Gasteiger partial charge in [0.25, 0.3) is 0 Å². The average Bonchev–Trinajstić information content (AvgIpc) is 2.48. The van der Waals surface area contributed by atoms with E-state index in [1.54, 1.807) is 4.90 Å². The summed E-state index contributed by atoms with van der Waals surface area (Å²) in [4.78, 5) is 13.8. The lowest BCUT2D eigenvalue weighted by molar-refractivity contribution is -0.133. The van der Waals surface area contributed by atoms with Gasteiger partial charge >= 0.3 is 0 Å². The van der Waals surface area contributed by atoms with Crippen LogP contribution in [0.15, 0.2) is 18.2 Å². The Hall–Kier alpha value is -1.53. The molecule has 1 aromatic rings. The zero-order chi connectivity index (χ0) is 15.2. The Kier molecular flexibility index (Phi) is 5.64. The molecule has 0 aromatic heterocycles. The molecule has 0 bridgehead atoms. The van der Waals surface area contributed by atoms with Gasteiger partial charge in [-0.05, 0) is 24.5 Å². The minimum atomic E-state index is -0.676. The largest absolute Gasteiger partial charge is 0.377 e. The molecule has 1 heterocycles. The Morgan fingerprint density at radius 1 is 1.33 bits per heavy atom. The van der Waals surface area contributed by atoms with Gasteiger partial charge in [0.15, 0.2) is 0 Å². The standard InChI is InChI=1S/C15H20F2N2O2/c16-12-2-1-11(14(17)10-12)9-15(20)19-6-3-13(4-7-19)21-8-5-18/h1-2,10,13H,3-9,18H2. The Morgan fingerprint density at radius 2 is 2.05 bits per heavy atom. The van der Waals surface area contributed by atoms with Gasteiger partial charge in [-0.2, -0.15) is 0 Å². The molecule has 1 fully saturated rings. The minimum Gasteiger partial charge on any atom is -0.377 e. The molecule has 1 aliphatic rings. The lowest BCUT2D eigenvalue weighted by Gasteiger charge is -2.32. The highest BCUT2D eigenvalue weighted by Crippen LogP contribution is 2.16. The maximum absolute atomic E-state index is 13.5. The van der Waals surface area contributed by atoms with Crippen molar-refractivity contribution in [1.82, 2.24) is 4.90 Å². The number of likely N-dealkylation sites (tertiary alicyclic amines) is 1. The molecular formula is C15H20F2N2O2. The second-order valence-electron chi connectivity index (χ2n) is 5.15. The zero-order valence-corrected chi connectivity index (χ0v) is 11.9. The molecule has 1 aromatic carbocycles. The van der Waals surface area contributed by atoms with Gasteiger partial charge in [-0.25, -0.2) is 8.78 Å². The third-order valence-corrected chi connectivity index (χ3v) is 3.62. The Morgan fingerprint density at radius 3 is 2.67 bits per heavy atom. The number of nitrogens with zero attached hydrogens (tertiary/aromatic N) is 1. The quantitative estimate of drug-likeness (QED) is 0.895. The number of ether oxygens (including phenoxy) is 1. The second kappa shape index (κ2) is 7.47. The van der Waals surface area contributed by atoms with Crippen molar-refractivity contribution in [3.8, 4) is 0 Å². The summed E-state index contributed by atoms with van der Waals surface area (Å²) in [6, 6.07) is 3.29. The summed E-state index contributed by atoms with van der Waals surface area (Å²) in [5.74, 6) is -1.45. The predicted molar refractivity (Wildman–Crippen MR) is 74.7 cm³/mol. The van der Waals surface area contributed by atoms with Gasteiger partial charge in [0, 0.05) is 25.7 Å². The number of halogens is 2. The summed E-state index contributed by atoms with van der Waals surface area (Å²) >= 11 is 0. The van der Waals surface area contributed by atoms with Gasteiger partial charge < -0.3 is 15.4 Å². The number of carbonyl (C=O) groups is 1. The van der Waals surface area contributed by atoms with Crippen molar-refractivity contribution in [3.63, 3.8) is 0 Å². The van der Waals surface area contributed by atoms with E-state index in [4.69, 9.17) is 10.5 Å². The fraction of sp³-hybridized carbons (Fsp3) is 0.533. The van der Waals surface area contributed by atoms with E-state index in [2.05, 4.69) is 0 Å². The van der Waals surface area contributed by atoms with E-state index in [1.165, 1.54) is 12.1 Å². The van der Waals surface area contributed by atoms with Crippen LogP contribution in [0.4, 0.5) is 8.78 Å². The molecule has 4 nitrogen and oxygen atoms in total. The van der Waals surface area contributed by atoms with E-state index in [9.17, 15) is 13.6 Å². The molecule has 1 amide bonds. The highest BCUT2D eigenvalue weighted by atomic mass is 19.1. The van der Waals surface area contributed by atoms with Crippen LogP contribution in [0.2, 0.25) is 0 Å². The maximum atomic E-state index is 13.5. The Balaban J connectivity index is 1.84. The van der Waals surface area contributed by atoms with Crippen LogP contribution < -0.4 is 5.73 Å². The normalized spacial score (nSPS) is 16.2. The SMILES string of the molecule is NCCOC1CCN(C(=O)Cc2ccc(F)cc2F)CC1. The summed E-state index contributed by atoms with van der Waals surface area (Å²) in [5.41, 5.74) is 5.61. The van der Waals surface area contributed by atoms with Crippen molar-refractivity contribution in [2.45, 2.75) is 25.4 Å². The van der Waals surface area contributed by atoms with Crippen molar-refractivity contribution in [3.05, 3.63) is 35.4 Å². The summed E-state index contributed by atoms with van der Waals surface area (Å²) in [6.45, 7) is 2.20. The molecular weight excluding hydrogens is 278 g/mol. The molecule has 1 aliphatic heterocycles. The van der Waals surface area contributed by atoms with E-state index in [-0.39, 0.29) is 24.0 Å². The molecule has 0 atom stereocenters. The lowest BCUT2D eigenvalue weighted by Crippen LogP contribution is -2.42. The average molecular weight is 298 g/mol. The van der Waals surface area contributed by atoms with Crippen LogP contribution in [0.5, 0.6) is 0 Å². The number of hydrogen-bond acceptors (Lipinski definition) is 3. The monoisotopic (exact) mass is 298 g/mol. The molecule has 0 saturated carbocycles. The molecule has 1 saturated heterocycles. The van der Waals surface area contributed by atoms with Gasteiger partial charge in [-0.3, -0.25) is 4.79 Å². The highest BCUT2D eigenvalue weighted by Gasteiger charge is 2.23. The van der Waals surface area contributed by atoms with Crippen LogP contribution in [0.25, 0.3) is 0 Å². The maximum Gasteiger partial charge on any atom is 0.227 e. The van der Waals surface area contributed by atoms with Gasteiger partial charge in [0.2, 0.25) is 5.91 Å². The van der Waals surface area contributed by atoms with Gasteiger partial charge in [0.1, 0.15) is 11.6 Å². The smallest absolute Gasteiger partial charge is 0.227 e. The van der Waals surface area contributed by atoms with Crippen molar-refractivity contribution in [1.29, 1.82) is 0 Å². The molecule has 0 spiro atoms. The molecule has 2 rings (SSSR count). The Labute approximate surface area is 122 Å². The van der Waals surface area contributed by atoms with Crippen LogP contribution in [0, 0.1) is 11.6 Å². The summed E-state index contributed by atoms with van der Waals surface area (Å²) in [7, 11) is 0. The summed E-state index contributed by atoms with van der Waals surface area (Å²) < 4.78 is 31.9. The van der Waals surface area contributed by atoms with Gasteiger partial charge in [-0.15, -0.1) is 0 Å². The number of carbonyl (C=O) groups excluding carboxylic acids is 1. The van der Waals surface area contributed by atoms with Gasteiger partial charge in [0.05, 0.1) is 19.1 Å². The molecule has 116 valence electrons. The predicted octanol–water partition coefficient (Wildman–Crippen LogP) is 1.47. The molecule has 0 aliphatic carbocycles. The first-order valence-corrected chi connectivity index (χ1v) is 7.13. The van der Waals surface area contributed by atoms with E-state index in [0.717, 1.165) is 18.9 Å². The second-order valence-corrected chi connectivity index (χ2v) is 5.15. The van der Waals surface area contributed by atoms with Crippen LogP contribution in [-0.4, -0.2) is 43.2 Å². The van der Waals surface area contributed by atoms with Crippen molar-refractivity contribution < 1.29 is 18.3 Å². The van der Waals surface area contributed by atoms with Crippen molar-refractivity contribution in [2.75, 3.05) is 26.2 Å². The first kappa shape index (κ1) is 15.9. The van der Waals surface area contributed by atoms with Crippen LogP contribution in [0.3, 0.4) is 0 Å². The van der Waals surface area contributed by atoms with Crippen molar-refractivity contribution in [2.24, 2.45) is 5.73 Å². The fourth-order valence-corrected chi connectivity index (χ4v) is 2.45. The number of amides is 1. The number of benzene rings is 1. The molecule has 0 radical (unpaired) electrons. The fourth-order valence-electron chi connectivity index (χ4n) is 2.45. The third kappa shape index (κ3) is 4.47. The van der Waals surface area contributed by atoms with Crippen LogP contribution in [0.1, 0.15) is 18.4 Å². The van der Waals surface area contributed by atoms with Crippen LogP contribution >= 0.6 is 0 Å². The molecule has 0 unspecified atom stereocenters. The first-order valence-electron chi connectivity index (χ1n) is 7.13. The molecule has 21 heavy (non-hydrogen) atoms. The van der Waals surface area contributed by atoms with E-state index >= 15 is 0 Å². The first-order chi connectivity index (χ1) is 10.1. The number of hydrogen-bond donors (Lipinski definition) is 1. The number of piperidine rings is 1. The minimum absolute atomic E-state index is 0.0412. The Bertz CT molecular complexity index is 489. The summed E-state index contributed by atoms with van der Waals surface area (Å²) in [5, 5.41) is 0. The van der Waals surface area contributed by atoms with Crippen LogP contribution in [-0.2, 0) is 16.0 Å². The topological polar surface area (TPSA) is 55.6 Å². The van der Waals surface area contributed by atoms with Crippen molar-refractivity contribution >= 4 is 5.91 Å².